The van der Waals surface area contributed by atoms with E-state index in [0.29, 0.717) is 5.75 Å². The predicted molar refractivity (Wildman–Crippen MR) is 95.5 cm³/mol. The number of ether oxygens (including phenoxy) is 2. The summed E-state index contributed by atoms with van der Waals surface area (Å²) in [7, 11) is 1.58. The van der Waals surface area contributed by atoms with E-state index < -0.39 is 18.0 Å². The molecule has 2 rings (SSSR count). The number of aromatic carboxylic acids is 1. The highest BCUT2D eigenvalue weighted by molar-refractivity contribution is 5.96. The van der Waals surface area contributed by atoms with Crippen LogP contribution in [0, 0.1) is 0 Å². The highest BCUT2D eigenvalue weighted by Gasteiger charge is 2.20. The standard InChI is InChI=1S/C19H22N2O5/c1-12(2)26-17(14-6-4-5-7-16(14)25-3)11-21-18(22)13-8-9-20-15(10-13)19(23)24/h4-10,12,17H,11H2,1-3H3,(H,21,22)(H,23,24). The summed E-state index contributed by atoms with van der Waals surface area (Å²) in [6.45, 7) is 4.03. The summed E-state index contributed by atoms with van der Waals surface area (Å²) >= 11 is 0. The van der Waals surface area contributed by atoms with Gasteiger partial charge in [-0.05, 0) is 32.0 Å². The van der Waals surface area contributed by atoms with E-state index in [2.05, 4.69) is 10.3 Å². The molecular formula is C19H22N2O5. The van der Waals surface area contributed by atoms with Crippen molar-refractivity contribution in [2.75, 3.05) is 13.7 Å². The number of rotatable bonds is 8. The Morgan fingerprint density at radius 2 is 1.96 bits per heavy atom. The van der Waals surface area contributed by atoms with Gasteiger partial charge in [0.25, 0.3) is 5.91 Å². The van der Waals surface area contributed by atoms with Gasteiger partial charge in [-0.2, -0.15) is 0 Å². The number of aromatic nitrogens is 1. The van der Waals surface area contributed by atoms with Gasteiger partial charge in [-0.1, -0.05) is 18.2 Å². The van der Waals surface area contributed by atoms with Gasteiger partial charge in [0.05, 0.1) is 13.2 Å². The van der Waals surface area contributed by atoms with Gasteiger partial charge in [0.2, 0.25) is 0 Å². The Morgan fingerprint density at radius 3 is 2.62 bits per heavy atom. The number of carboxylic acids is 1. The van der Waals surface area contributed by atoms with Gasteiger partial charge in [0.15, 0.2) is 0 Å². The van der Waals surface area contributed by atoms with E-state index in [9.17, 15) is 9.59 Å². The highest BCUT2D eigenvalue weighted by atomic mass is 16.5. The minimum Gasteiger partial charge on any atom is -0.496 e. The molecule has 1 unspecified atom stereocenters. The second kappa shape index (κ2) is 8.96. The van der Waals surface area contributed by atoms with Gasteiger partial charge in [-0.3, -0.25) is 4.79 Å². The number of carbonyl (C=O) groups excluding carboxylic acids is 1. The van der Waals surface area contributed by atoms with E-state index in [1.807, 2.05) is 38.1 Å². The normalized spacial score (nSPS) is 11.8. The van der Waals surface area contributed by atoms with E-state index in [1.165, 1.54) is 18.3 Å². The van der Waals surface area contributed by atoms with Crippen molar-refractivity contribution >= 4 is 11.9 Å². The molecule has 0 aliphatic carbocycles. The molecule has 1 aromatic heterocycles. The van der Waals surface area contributed by atoms with E-state index in [-0.39, 0.29) is 23.9 Å². The van der Waals surface area contributed by atoms with Crippen molar-refractivity contribution < 1.29 is 24.2 Å². The molecule has 26 heavy (non-hydrogen) atoms. The molecule has 7 nitrogen and oxygen atoms in total. The number of hydrogen-bond donors (Lipinski definition) is 2. The third-order valence-electron chi connectivity index (χ3n) is 3.61. The molecule has 1 atom stereocenters. The zero-order chi connectivity index (χ0) is 19.1. The number of amides is 1. The van der Waals surface area contributed by atoms with Gasteiger partial charge in [-0.15, -0.1) is 0 Å². The van der Waals surface area contributed by atoms with Crippen LogP contribution < -0.4 is 10.1 Å². The van der Waals surface area contributed by atoms with Crippen LogP contribution in [0.15, 0.2) is 42.6 Å². The fraction of sp³-hybridized carbons (Fsp3) is 0.316. The number of nitrogens with one attached hydrogen (secondary N) is 1. The van der Waals surface area contributed by atoms with Crippen LogP contribution in [-0.4, -0.2) is 41.7 Å². The largest absolute Gasteiger partial charge is 0.496 e. The average molecular weight is 358 g/mol. The van der Waals surface area contributed by atoms with E-state index in [4.69, 9.17) is 14.6 Å². The zero-order valence-corrected chi connectivity index (χ0v) is 14.9. The van der Waals surface area contributed by atoms with Crippen LogP contribution in [-0.2, 0) is 4.74 Å². The Balaban J connectivity index is 2.15. The second-order valence-electron chi connectivity index (χ2n) is 5.86. The zero-order valence-electron chi connectivity index (χ0n) is 14.9. The molecular weight excluding hydrogens is 336 g/mol. The number of para-hydroxylation sites is 1. The Hall–Kier alpha value is -2.93. The third kappa shape index (κ3) is 5.03. The van der Waals surface area contributed by atoms with Gasteiger partial charge < -0.3 is 19.9 Å². The number of benzene rings is 1. The molecule has 1 amide bonds. The van der Waals surface area contributed by atoms with Crippen LogP contribution in [0.3, 0.4) is 0 Å². The van der Waals surface area contributed by atoms with Crippen LogP contribution in [0.2, 0.25) is 0 Å². The lowest BCUT2D eigenvalue weighted by atomic mass is 10.1. The predicted octanol–water partition coefficient (Wildman–Crippen LogP) is 2.68. The maximum atomic E-state index is 12.4. The molecule has 7 heteroatoms. The number of carbonyl (C=O) groups is 2. The SMILES string of the molecule is COc1ccccc1C(CNC(=O)c1ccnc(C(=O)O)c1)OC(C)C. The van der Waals surface area contributed by atoms with Crippen LogP contribution >= 0.6 is 0 Å². The van der Waals surface area contributed by atoms with E-state index in [1.54, 1.807) is 7.11 Å². The van der Waals surface area contributed by atoms with Crippen molar-refractivity contribution in [1.29, 1.82) is 0 Å². The molecule has 0 saturated carbocycles. The number of methoxy groups -OCH3 is 1. The number of nitrogens with zero attached hydrogens (tertiary/aromatic N) is 1. The maximum Gasteiger partial charge on any atom is 0.354 e. The molecule has 0 aliphatic rings. The molecule has 1 heterocycles. The first-order valence-corrected chi connectivity index (χ1v) is 8.18. The van der Waals surface area contributed by atoms with E-state index >= 15 is 0 Å². The molecule has 0 radical (unpaired) electrons. The van der Waals surface area contributed by atoms with Gasteiger partial charge >= 0.3 is 5.97 Å². The smallest absolute Gasteiger partial charge is 0.354 e. The lowest BCUT2D eigenvalue weighted by molar-refractivity contribution is 0.00611. The number of pyridine rings is 1. The van der Waals surface area contributed by atoms with Crippen LogP contribution in [0.1, 0.15) is 46.4 Å². The third-order valence-corrected chi connectivity index (χ3v) is 3.61. The molecule has 138 valence electrons. The second-order valence-corrected chi connectivity index (χ2v) is 5.86. The van der Waals surface area contributed by atoms with Crippen molar-refractivity contribution in [3.63, 3.8) is 0 Å². The Bertz CT molecular complexity index is 776. The van der Waals surface area contributed by atoms with Crippen molar-refractivity contribution in [3.8, 4) is 5.75 Å². The lowest BCUT2D eigenvalue weighted by Gasteiger charge is -2.23. The highest BCUT2D eigenvalue weighted by Crippen LogP contribution is 2.28. The molecule has 1 aromatic carbocycles. The Labute approximate surface area is 152 Å². The molecule has 2 aromatic rings. The van der Waals surface area contributed by atoms with Crippen LogP contribution in [0.4, 0.5) is 0 Å². The summed E-state index contributed by atoms with van der Waals surface area (Å²) in [5, 5.41) is 11.8. The fourth-order valence-corrected chi connectivity index (χ4v) is 2.47. The topological polar surface area (TPSA) is 97.8 Å². The molecule has 0 bridgehead atoms. The summed E-state index contributed by atoms with van der Waals surface area (Å²) in [5.41, 5.74) is 0.864. The minimum absolute atomic E-state index is 0.0543. The molecule has 0 saturated heterocycles. The first-order chi connectivity index (χ1) is 12.4. The molecule has 0 spiro atoms. The average Bonchev–Trinajstić information content (AvgIpc) is 2.64. The summed E-state index contributed by atoms with van der Waals surface area (Å²) in [6.07, 6.45) is 0.831. The number of carboxylic acid groups (broad SMARTS) is 1. The molecule has 2 N–H and O–H groups in total. The summed E-state index contributed by atoms with van der Waals surface area (Å²) < 4.78 is 11.3. The minimum atomic E-state index is -1.19. The monoisotopic (exact) mass is 358 g/mol. The maximum absolute atomic E-state index is 12.4. The first-order valence-electron chi connectivity index (χ1n) is 8.18. The molecule has 0 fully saturated rings. The van der Waals surface area contributed by atoms with Crippen molar-refractivity contribution in [1.82, 2.24) is 10.3 Å². The van der Waals surface area contributed by atoms with Gasteiger partial charge in [-0.25, -0.2) is 9.78 Å². The van der Waals surface area contributed by atoms with Crippen molar-refractivity contribution in [2.45, 2.75) is 26.1 Å². The fourth-order valence-electron chi connectivity index (χ4n) is 2.47. The van der Waals surface area contributed by atoms with Gasteiger partial charge in [0.1, 0.15) is 17.5 Å². The quantitative estimate of drug-likeness (QED) is 0.753. The van der Waals surface area contributed by atoms with Gasteiger partial charge in [0, 0.05) is 23.9 Å². The molecule has 0 aliphatic heterocycles. The van der Waals surface area contributed by atoms with E-state index in [0.717, 1.165) is 5.56 Å². The number of hydrogen-bond acceptors (Lipinski definition) is 5. The Kier molecular flexibility index (Phi) is 6.68. The van der Waals surface area contributed by atoms with Crippen molar-refractivity contribution in [3.05, 3.63) is 59.4 Å². The summed E-state index contributed by atoms with van der Waals surface area (Å²) in [5.74, 6) is -0.915. The Morgan fingerprint density at radius 1 is 1.23 bits per heavy atom. The van der Waals surface area contributed by atoms with Crippen molar-refractivity contribution in [2.24, 2.45) is 0 Å². The lowest BCUT2D eigenvalue weighted by Crippen LogP contribution is -2.31. The van der Waals surface area contributed by atoms with Crippen LogP contribution in [0.5, 0.6) is 5.75 Å². The summed E-state index contributed by atoms with van der Waals surface area (Å²) in [4.78, 5) is 27.1. The summed E-state index contributed by atoms with van der Waals surface area (Å²) in [6, 6.07) is 10.1. The van der Waals surface area contributed by atoms with Crippen LogP contribution in [0.25, 0.3) is 0 Å². The first kappa shape index (κ1) is 19.4.